The minimum atomic E-state index is -1.34. The van der Waals surface area contributed by atoms with Gasteiger partial charge >= 0.3 is 5.97 Å². The molecule has 186 valence electrons. The topological polar surface area (TPSA) is 126 Å². The van der Waals surface area contributed by atoms with Crippen LogP contribution in [0.3, 0.4) is 0 Å². The molecular weight excluding hydrogens is 465 g/mol. The second kappa shape index (κ2) is 8.31. The predicted molar refractivity (Wildman–Crippen MR) is 130 cm³/mol. The van der Waals surface area contributed by atoms with Crippen LogP contribution < -0.4 is 4.74 Å². The monoisotopic (exact) mass is 491 g/mol. The number of ether oxygens (including phenoxy) is 2. The van der Waals surface area contributed by atoms with E-state index in [1.54, 1.807) is 25.3 Å². The first kappa shape index (κ1) is 23.8. The fourth-order valence-corrected chi connectivity index (χ4v) is 5.19. The molecule has 9 nitrogen and oxygen atoms in total. The standard InChI is InChI=1S/C26H26FN5O4/c1-25(2,7-8-28)22-20(15-11-26(3,24(33)34)36-13-15)21-18(9-14-12-29-31-23(14)30-21)32(22)16-5-6-17(27)19(10-16)35-4/h5-6,9-10,12,15H,7,11,13H2,1-4H3,(H,33,34)(H,29,30,31)/t15?,26-/m1/s1. The number of aliphatic carboxylic acids is 1. The molecule has 0 aliphatic carbocycles. The molecule has 10 heteroatoms. The van der Waals surface area contributed by atoms with Gasteiger partial charge in [-0.05, 0) is 31.5 Å². The Morgan fingerprint density at radius 1 is 1.44 bits per heavy atom. The summed E-state index contributed by atoms with van der Waals surface area (Å²) in [5, 5.41) is 27.3. The van der Waals surface area contributed by atoms with Crippen LogP contribution in [0.15, 0.2) is 30.5 Å². The number of nitrogens with zero attached hydrogens (tertiary/aromatic N) is 4. The maximum Gasteiger partial charge on any atom is 0.335 e. The van der Waals surface area contributed by atoms with Crippen molar-refractivity contribution in [3.8, 4) is 17.5 Å². The molecule has 2 N–H and O–H groups in total. The highest BCUT2D eigenvalue weighted by Crippen LogP contribution is 2.47. The molecule has 0 bridgehead atoms. The molecule has 0 amide bonds. The first-order valence-corrected chi connectivity index (χ1v) is 11.6. The average molecular weight is 492 g/mol. The number of aromatic nitrogens is 4. The number of hydrogen-bond acceptors (Lipinski definition) is 6. The molecule has 4 heterocycles. The molecule has 3 aromatic heterocycles. The number of methoxy groups -OCH3 is 1. The van der Waals surface area contributed by atoms with Crippen molar-refractivity contribution in [1.29, 1.82) is 5.26 Å². The van der Waals surface area contributed by atoms with E-state index in [2.05, 4.69) is 16.3 Å². The van der Waals surface area contributed by atoms with Crippen molar-refractivity contribution in [2.24, 2.45) is 0 Å². The lowest BCUT2D eigenvalue weighted by atomic mass is 9.79. The van der Waals surface area contributed by atoms with Gasteiger partial charge < -0.3 is 19.1 Å². The van der Waals surface area contributed by atoms with Gasteiger partial charge in [-0.2, -0.15) is 10.4 Å². The van der Waals surface area contributed by atoms with Gasteiger partial charge in [-0.15, -0.1) is 0 Å². The van der Waals surface area contributed by atoms with Crippen LogP contribution in [0, 0.1) is 17.1 Å². The first-order valence-electron chi connectivity index (χ1n) is 11.6. The summed E-state index contributed by atoms with van der Waals surface area (Å²) in [6.45, 7) is 5.68. The van der Waals surface area contributed by atoms with Gasteiger partial charge in [0.2, 0.25) is 0 Å². The highest BCUT2D eigenvalue weighted by atomic mass is 19.1. The van der Waals surface area contributed by atoms with Crippen LogP contribution in [0.1, 0.15) is 50.8 Å². The zero-order valence-electron chi connectivity index (χ0n) is 20.4. The van der Waals surface area contributed by atoms with E-state index in [1.165, 1.54) is 13.2 Å². The summed E-state index contributed by atoms with van der Waals surface area (Å²) in [5.41, 5.74) is 2.21. The zero-order chi connectivity index (χ0) is 25.8. The zero-order valence-corrected chi connectivity index (χ0v) is 20.4. The molecule has 0 saturated carbocycles. The third kappa shape index (κ3) is 3.58. The number of rotatable bonds is 6. The SMILES string of the molecule is COc1cc(-n2c(C(C)(C)CC#N)c(C3CO[C@@](C)(C(=O)O)C3)c3nc4[nH]ncc4cc32)ccc1F. The molecule has 1 fully saturated rings. The number of halogens is 1. The van der Waals surface area contributed by atoms with Gasteiger partial charge in [-0.25, -0.2) is 14.2 Å². The molecule has 0 radical (unpaired) electrons. The van der Waals surface area contributed by atoms with Crippen molar-refractivity contribution in [2.45, 2.75) is 50.5 Å². The Labute approximate surface area is 206 Å². The quantitative estimate of drug-likeness (QED) is 0.404. The lowest BCUT2D eigenvalue weighted by molar-refractivity contribution is -0.157. The van der Waals surface area contributed by atoms with Gasteiger partial charge in [0.25, 0.3) is 0 Å². The Morgan fingerprint density at radius 2 is 2.22 bits per heavy atom. The van der Waals surface area contributed by atoms with Crippen molar-refractivity contribution in [3.05, 3.63) is 47.5 Å². The molecule has 1 unspecified atom stereocenters. The van der Waals surface area contributed by atoms with Crippen LogP contribution in [-0.2, 0) is 14.9 Å². The Balaban J connectivity index is 1.89. The number of fused-ring (bicyclic) bond motifs is 2. The molecule has 1 aliphatic rings. The Morgan fingerprint density at radius 3 is 2.89 bits per heavy atom. The summed E-state index contributed by atoms with van der Waals surface area (Å²) >= 11 is 0. The minimum absolute atomic E-state index is 0.0833. The smallest absolute Gasteiger partial charge is 0.335 e. The van der Waals surface area contributed by atoms with Crippen molar-refractivity contribution < 1.29 is 23.8 Å². The minimum Gasteiger partial charge on any atom is -0.494 e. The summed E-state index contributed by atoms with van der Waals surface area (Å²) in [6, 6.07) is 8.82. The largest absolute Gasteiger partial charge is 0.494 e. The van der Waals surface area contributed by atoms with Gasteiger partial charge in [0.05, 0.1) is 37.0 Å². The van der Waals surface area contributed by atoms with Gasteiger partial charge in [0.15, 0.2) is 22.8 Å². The lowest BCUT2D eigenvalue weighted by Gasteiger charge is -2.28. The van der Waals surface area contributed by atoms with E-state index in [0.717, 1.165) is 22.2 Å². The fourth-order valence-electron chi connectivity index (χ4n) is 5.19. The van der Waals surface area contributed by atoms with E-state index in [4.69, 9.17) is 14.5 Å². The molecule has 1 aliphatic heterocycles. The Kier molecular flexibility index (Phi) is 5.48. The molecule has 2 atom stereocenters. The number of hydrogen-bond donors (Lipinski definition) is 2. The van der Waals surface area contributed by atoms with Gasteiger partial charge in [-0.3, -0.25) is 5.10 Å². The number of nitriles is 1. The molecule has 1 saturated heterocycles. The molecule has 1 aromatic carbocycles. The molecule has 0 spiro atoms. The van der Waals surface area contributed by atoms with Crippen LogP contribution >= 0.6 is 0 Å². The maximum atomic E-state index is 14.4. The van der Waals surface area contributed by atoms with Crippen LogP contribution in [0.4, 0.5) is 4.39 Å². The normalized spacial score (nSPS) is 20.2. The number of pyridine rings is 1. The third-order valence-corrected chi connectivity index (χ3v) is 7.04. The summed E-state index contributed by atoms with van der Waals surface area (Å²) in [7, 11) is 1.40. The number of benzene rings is 1. The third-order valence-electron chi connectivity index (χ3n) is 7.04. The second-order valence-electron chi connectivity index (χ2n) is 10.0. The van der Waals surface area contributed by atoms with Crippen molar-refractivity contribution in [3.63, 3.8) is 0 Å². The Bertz CT molecular complexity index is 1550. The van der Waals surface area contributed by atoms with Crippen LogP contribution in [0.5, 0.6) is 5.75 Å². The highest BCUT2D eigenvalue weighted by molar-refractivity contribution is 5.94. The number of carboxylic acid groups (broad SMARTS) is 1. The number of nitrogens with one attached hydrogen (secondary N) is 1. The molecular formula is C26H26FN5O4. The van der Waals surface area contributed by atoms with Crippen molar-refractivity contribution in [2.75, 3.05) is 13.7 Å². The molecule has 36 heavy (non-hydrogen) atoms. The van der Waals surface area contributed by atoms with E-state index in [9.17, 15) is 19.6 Å². The van der Waals surface area contributed by atoms with Gasteiger partial charge in [-0.1, -0.05) is 13.8 Å². The summed E-state index contributed by atoms with van der Waals surface area (Å²) < 4.78 is 27.4. The molecule has 5 rings (SSSR count). The van der Waals surface area contributed by atoms with E-state index in [0.29, 0.717) is 16.9 Å². The number of carboxylic acids is 1. The summed E-state index contributed by atoms with van der Waals surface area (Å²) in [4.78, 5) is 16.9. The Hall–Kier alpha value is -3.97. The van der Waals surface area contributed by atoms with E-state index in [-0.39, 0.29) is 31.1 Å². The fraction of sp³-hybridized carbons (Fsp3) is 0.385. The van der Waals surface area contributed by atoms with Crippen LogP contribution in [-0.4, -0.2) is 50.1 Å². The molecule has 4 aromatic rings. The van der Waals surface area contributed by atoms with Crippen LogP contribution in [0.25, 0.3) is 27.8 Å². The number of carbonyl (C=O) groups is 1. The lowest BCUT2D eigenvalue weighted by Crippen LogP contribution is -2.34. The van der Waals surface area contributed by atoms with E-state index >= 15 is 0 Å². The highest BCUT2D eigenvalue weighted by Gasteiger charge is 2.46. The predicted octanol–water partition coefficient (Wildman–Crippen LogP) is 4.59. The maximum absolute atomic E-state index is 14.4. The second-order valence-corrected chi connectivity index (χ2v) is 10.0. The van der Waals surface area contributed by atoms with Crippen LogP contribution in [0.2, 0.25) is 0 Å². The summed E-state index contributed by atoms with van der Waals surface area (Å²) in [5.74, 6) is -1.73. The summed E-state index contributed by atoms with van der Waals surface area (Å²) in [6.07, 6.45) is 2.11. The number of aromatic amines is 1. The number of H-pyrrole nitrogens is 1. The van der Waals surface area contributed by atoms with Gasteiger partial charge in [0.1, 0.15) is 0 Å². The average Bonchev–Trinajstić information content (AvgIpc) is 3.53. The van der Waals surface area contributed by atoms with Crippen molar-refractivity contribution in [1.82, 2.24) is 19.7 Å². The van der Waals surface area contributed by atoms with E-state index in [1.807, 2.05) is 24.5 Å². The van der Waals surface area contributed by atoms with E-state index < -0.39 is 22.8 Å². The first-order chi connectivity index (χ1) is 17.1. The van der Waals surface area contributed by atoms with Crippen molar-refractivity contribution >= 4 is 28.0 Å². The van der Waals surface area contributed by atoms with Gasteiger partial charge in [0, 0.05) is 46.2 Å².